The minimum Gasteiger partial charge on any atom is -0.468 e. The molecule has 0 fully saturated rings. The normalized spacial score (nSPS) is 18.3. The predicted molar refractivity (Wildman–Crippen MR) is 127 cm³/mol. The van der Waals surface area contributed by atoms with Crippen LogP contribution >= 0.6 is 46.3 Å². The van der Waals surface area contributed by atoms with E-state index < -0.39 is 5.92 Å². The number of Topliss-reactive ketones (excluding diaryl/α,β-unsaturated/α-hetero) is 1. The summed E-state index contributed by atoms with van der Waals surface area (Å²) >= 11 is 14.7. The fourth-order valence-corrected chi connectivity index (χ4v) is 5.88. The fourth-order valence-electron chi connectivity index (χ4n) is 3.86. The third kappa shape index (κ3) is 4.46. The van der Waals surface area contributed by atoms with Crippen LogP contribution in [0.1, 0.15) is 30.7 Å². The van der Waals surface area contributed by atoms with Crippen molar-refractivity contribution in [3.05, 3.63) is 56.5 Å². The van der Waals surface area contributed by atoms with Gasteiger partial charge in [-0.05, 0) is 30.5 Å². The van der Waals surface area contributed by atoms with Gasteiger partial charge in [-0.1, -0.05) is 52.4 Å². The van der Waals surface area contributed by atoms with Gasteiger partial charge in [-0.15, -0.1) is 10.2 Å². The van der Waals surface area contributed by atoms with Crippen LogP contribution in [0.15, 0.2) is 45.2 Å². The molecule has 2 aliphatic rings. The number of benzene rings is 1. The monoisotopic (exact) mass is 521 g/mol. The molecule has 0 bridgehead atoms. The molecule has 1 aliphatic heterocycles. The van der Waals surface area contributed by atoms with Crippen molar-refractivity contribution in [3.8, 4) is 6.07 Å². The Morgan fingerprint density at radius 3 is 2.85 bits per heavy atom. The van der Waals surface area contributed by atoms with Crippen LogP contribution < -0.4 is 10.6 Å². The lowest BCUT2D eigenvalue weighted by molar-refractivity contribution is -0.137. The highest BCUT2D eigenvalue weighted by Gasteiger charge is 2.41. The Bertz CT molecular complexity index is 1250. The SMILES string of the molecule is COC(=O)CSc1nnc(N2C(N)=C(C#N)C(c3ccc(Cl)c(Cl)c3)C3=C2CCCC3=O)s1. The lowest BCUT2D eigenvalue weighted by Crippen LogP contribution is -2.38. The molecule has 4 rings (SSSR count). The number of ketones is 1. The lowest BCUT2D eigenvalue weighted by atomic mass is 9.76. The molecule has 8 nitrogen and oxygen atoms in total. The minimum absolute atomic E-state index is 0.0534. The van der Waals surface area contributed by atoms with Crippen LogP contribution in [0.2, 0.25) is 10.0 Å². The van der Waals surface area contributed by atoms with Gasteiger partial charge in [0.15, 0.2) is 10.1 Å². The second-order valence-electron chi connectivity index (χ2n) is 7.21. The molecular weight excluding hydrogens is 505 g/mol. The average Bonchev–Trinajstić information content (AvgIpc) is 3.27. The van der Waals surface area contributed by atoms with Crippen LogP contribution in [0.5, 0.6) is 0 Å². The Kier molecular flexibility index (Phi) is 6.95. The van der Waals surface area contributed by atoms with E-state index in [1.165, 1.54) is 30.2 Å². The molecule has 33 heavy (non-hydrogen) atoms. The molecule has 2 aromatic rings. The van der Waals surface area contributed by atoms with E-state index >= 15 is 0 Å². The quantitative estimate of drug-likeness (QED) is 0.449. The van der Waals surface area contributed by atoms with E-state index in [4.69, 9.17) is 28.9 Å². The first-order chi connectivity index (χ1) is 15.8. The van der Waals surface area contributed by atoms with E-state index in [1.807, 2.05) is 0 Å². The number of ether oxygens (including phenoxy) is 1. The molecule has 1 atom stereocenters. The number of halogens is 2. The predicted octanol–water partition coefficient (Wildman–Crippen LogP) is 4.41. The van der Waals surface area contributed by atoms with E-state index in [2.05, 4.69) is 21.0 Å². The van der Waals surface area contributed by atoms with Gasteiger partial charge in [-0.3, -0.25) is 14.5 Å². The molecule has 0 amide bonds. The summed E-state index contributed by atoms with van der Waals surface area (Å²) in [6.07, 6.45) is 1.61. The number of thioether (sulfide) groups is 1. The first kappa shape index (κ1) is 23.6. The summed E-state index contributed by atoms with van der Waals surface area (Å²) in [5.74, 6) is -0.811. The van der Waals surface area contributed by atoms with E-state index in [0.717, 1.165) is 0 Å². The van der Waals surface area contributed by atoms with Crippen LogP contribution in [0.4, 0.5) is 5.13 Å². The largest absolute Gasteiger partial charge is 0.468 e. The molecule has 12 heteroatoms. The maximum Gasteiger partial charge on any atom is 0.316 e. The molecule has 2 N–H and O–H groups in total. The molecule has 1 unspecified atom stereocenters. The number of anilines is 1. The van der Waals surface area contributed by atoms with Crippen molar-refractivity contribution in [1.82, 2.24) is 10.2 Å². The zero-order chi connectivity index (χ0) is 23.7. The highest BCUT2D eigenvalue weighted by molar-refractivity contribution is 8.01. The molecule has 0 radical (unpaired) electrons. The molecule has 1 aromatic heterocycles. The number of carbonyl (C=O) groups is 2. The Balaban J connectivity index is 1.81. The standard InChI is InChI=1S/C21H17Cl2N5O3S2/c1-31-16(30)9-32-21-27-26-20(33-21)28-14-3-2-4-15(29)18(14)17(11(8-24)19(28)25)10-5-6-12(22)13(23)7-10/h5-7,17H,2-4,9,25H2,1H3. The fraction of sp³-hybridized carbons (Fsp3) is 0.286. The first-order valence-electron chi connectivity index (χ1n) is 9.79. The average molecular weight is 522 g/mol. The number of nitriles is 1. The first-order valence-corrected chi connectivity index (χ1v) is 12.4. The number of hydrogen-bond donors (Lipinski definition) is 1. The second kappa shape index (κ2) is 9.73. The van der Waals surface area contributed by atoms with Crippen LogP contribution in [-0.2, 0) is 14.3 Å². The number of methoxy groups -OCH3 is 1. The molecular formula is C21H17Cl2N5O3S2. The Labute approximate surface area is 208 Å². The maximum absolute atomic E-state index is 13.1. The molecule has 1 aliphatic carbocycles. The van der Waals surface area contributed by atoms with Crippen molar-refractivity contribution in [2.45, 2.75) is 29.5 Å². The highest BCUT2D eigenvalue weighted by Crippen LogP contribution is 2.47. The van der Waals surface area contributed by atoms with Gasteiger partial charge in [0.2, 0.25) is 5.13 Å². The lowest BCUT2D eigenvalue weighted by Gasteiger charge is -2.38. The number of allylic oxidation sites excluding steroid dienone is 3. The van der Waals surface area contributed by atoms with Crippen molar-refractivity contribution in [2.24, 2.45) is 5.73 Å². The number of hydrogen-bond acceptors (Lipinski definition) is 10. The van der Waals surface area contributed by atoms with Crippen molar-refractivity contribution < 1.29 is 14.3 Å². The van der Waals surface area contributed by atoms with Gasteiger partial charge < -0.3 is 10.5 Å². The topological polar surface area (TPSA) is 122 Å². The van der Waals surface area contributed by atoms with E-state index in [1.54, 1.807) is 23.1 Å². The van der Waals surface area contributed by atoms with Crippen molar-refractivity contribution >= 4 is 63.2 Å². The summed E-state index contributed by atoms with van der Waals surface area (Å²) in [4.78, 5) is 26.2. The summed E-state index contributed by atoms with van der Waals surface area (Å²) in [5.41, 5.74) is 8.59. The van der Waals surface area contributed by atoms with Crippen molar-refractivity contribution in [1.29, 1.82) is 5.26 Å². The second-order valence-corrected chi connectivity index (χ2v) is 10.2. The smallest absolute Gasteiger partial charge is 0.316 e. The Hall–Kier alpha value is -2.58. The molecule has 2 heterocycles. The third-order valence-electron chi connectivity index (χ3n) is 5.32. The van der Waals surface area contributed by atoms with Crippen LogP contribution in [0.25, 0.3) is 0 Å². The van der Waals surface area contributed by atoms with Gasteiger partial charge in [0, 0.05) is 17.7 Å². The van der Waals surface area contributed by atoms with Crippen LogP contribution in [0.3, 0.4) is 0 Å². The van der Waals surface area contributed by atoms with Gasteiger partial charge in [-0.2, -0.15) is 5.26 Å². The van der Waals surface area contributed by atoms with Gasteiger partial charge in [0.1, 0.15) is 5.82 Å². The van der Waals surface area contributed by atoms with Crippen molar-refractivity contribution in [2.75, 3.05) is 17.8 Å². The summed E-state index contributed by atoms with van der Waals surface area (Å²) in [6, 6.07) is 7.23. The number of esters is 1. The number of aromatic nitrogens is 2. The van der Waals surface area contributed by atoms with Crippen molar-refractivity contribution in [3.63, 3.8) is 0 Å². The molecule has 1 aromatic carbocycles. The summed E-state index contributed by atoms with van der Waals surface area (Å²) in [6.45, 7) is 0. The molecule has 170 valence electrons. The van der Waals surface area contributed by atoms with Crippen LogP contribution in [-0.4, -0.2) is 34.8 Å². The van der Waals surface area contributed by atoms with Gasteiger partial charge in [0.05, 0.1) is 40.5 Å². The molecule has 0 spiro atoms. The number of nitrogens with two attached hydrogens (primary N) is 1. The van der Waals surface area contributed by atoms with E-state index in [0.29, 0.717) is 55.6 Å². The number of nitrogens with zero attached hydrogens (tertiary/aromatic N) is 4. The van der Waals surface area contributed by atoms with Gasteiger partial charge >= 0.3 is 5.97 Å². The summed E-state index contributed by atoms with van der Waals surface area (Å²) < 4.78 is 5.19. The number of carbonyl (C=O) groups excluding carboxylic acids is 2. The molecule has 0 saturated carbocycles. The highest BCUT2D eigenvalue weighted by atomic mass is 35.5. The number of rotatable bonds is 5. The van der Waals surface area contributed by atoms with Gasteiger partial charge in [0.25, 0.3) is 0 Å². The summed E-state index contributed by atoms with van der Waals surface area (Å²) in [5, 5.41) is 19.5. The third-order valence-corrected chi connectivity index (χ3v) is 8.07. The Morgan fingerprint density at radius 2 is 2.15 bits per heavy atom. The maximum atomic E-state index is 13.1. The van der Waals surface area contributed by atoms with E-state index in [-0.39, 0.29) is 28.9 Å². The zero-order valence-corrected chi connectivity index (χ0v) is 20.4. The minimum atomic E-state index is -0.648. The van der Waals surface area contributed by atoms with E-state index in [9.17, 15) is 14.9 Å². The zero-order valence-electron chi connectivity index (χ0n) is 17.3. The Morgan fingerprint density at radius 1 is 1.36 bits per heavy atom. The summed E-state index contributed by atoms with van der Waals surface area (Å²) in [7, 11) is 1.31. The van der Waals surface area contributed by atoms with Gasteiger partial charge in [-0.25, -0.2) is 0 Å². The van der Waals surface area contributed by atoms with Crippen LogP contribution in [0, 0.1) is 11.3 Å². The molecule has 0 saturated heterocycles.